The first-order valence-corrected chi connectivity index (χ1v) is 30.8. The number of nitrogens with zero attached hydrogens (tertiary/aromatic N) is 2. The molecule has 0 bridgehead atoms. The van der Waals surface area contributed by atoms with Crippen molar-refractivity contribution in [2.24, 2.45) is 0 Å². The van der Waals surface area contributed by atoms with Gasteiger partial charge in [-0.05, 0) is 165 Å². The summed E-state index contributed by atoms with van der Waals surface area (Å²) in [5.74, 6) is 0. The van der Waals surface area contributed by atoms with E-state index in [0.717, 1.165) is 32.1 Å². The van der Waals surface area contributed by atoms with E-state index < -0.39 is 0 Å². The fourth-order valence-electron chi connectivity index (χ4n) is 13.3. The zero-order valence-electron chi connectivity index (χ0n) is 48.5. The molecule has 0 N–H and O–H groups in total. The summed E-state index contributed by atoms with van der Waals surface area (Å²) in [5.41, 5.74) is 30.0. The molecular formula is C80H73BN2. The Morgan fingerprint density at radius 1 is 0.265 bits per heavy atom. The predicted octanol–water partition coefficient (Wildman–Crippen LogP) is 20.6. The van der Waals surface area contributed by atoms with Crippen molar-refractivity contribution in [1.82, 2.24) is 0 Å². The lowest BCUT2D eigenvalue weighted by atomic mass is 9.33. The molecule has 2 aliphatic rings. The Bertz CT molecular complexity index is 3650. The molecular weight excluding hydrogens is 1000 g/mol. The lowest BCUT2D eigenvalue weighted by Gasteiger charge is -2.46. The molecule has 2 aliphatic heterocycles. The molecule has 0 radical (unpaired) electrons. The van der Waals surface area contributed by atoms with E-state index in [1.807, 2.05) is 0 Å². The number of hydrogen-bond donors (Lipinski definition) is 0. The second-order valence-electron chi connectivity index (χ2n) is 23.0. The minimum absolute atomic E-state index is 0.0390. The van der Waals surface area contributed by atoms with Crippen LogP contribution in [0.1, 0.15) is 88.8 Å². The van der Waals surface area contributed by atoms with Gasteiger partial charge in [-0.25, -0.2) is 0 Å². The number of hydrogen-bond acceptors (Lipinski definition) is 2. The molecule has 406 valence electrons. The molecule has 11 aromatic carbocycles. The molecule has 11 aromatic rings. The zero-order chi connectivity index (χ0) is 56.1. The van der Waals surface area contributed by atoms with Crippen LogP contribution in [0, 0.1) is 0 Å². The summed E-state index contributed by atoms with van der Waals surface area (Å²) in [6.45, 7) is 6.93. The van der Waals surface area contributed by atoms with Crippen LogP contribution in [0.2, 0.25) is 0 Å². The Hall–Kier alpha value is -8.92. The maximum atomic E-state index is 2.73. The second-order valence-corrected chi connectivity index (χ2v) is 23.0. The maximum Gasteiger partial charge on any atom is 0.252 e. The van der Waals surface area contributed by atoms with Crippen LogP contribution in [-0.2, 0) is 19.3 Å². The van der Waals surface area contributed by atoms with Crippen molar-refractivity contribution in [1.29, 1.82) is 0 Å². The quantitative estimate of drug-likeness (QED) is 0.0588. The highest BCUT2D eigenvalue weighted by molar-refractivity contribution is 7.00. The van der Waals surface area contributed by atoms with Gasteiger partial charge in [-0.2, -0.15) is 0 Å². The highest BCUT2D eigenvalue weighted by Gasteiger charge is 2.45. The van der Waals surface area contributed by atoms with Crippen molar-refractivity contribution in [3.05, 3.63) is 271 Å². The average molecular weight is 1070 g/mol. The highest BCUT2D eigenvalue weighted by Crippen LogP contribution is 2.54. The summed E-state index contributed by atoms with van der Waals surface area (Å²) in [7, 11) is 0. The number of anilines is 6. The number of aryl methyl sites for hydroxylation is 3. The summed E-state index contributed by atoms with van der Waals surface area (Å²) < 4.78 is 0. The molecule has 0 atom stereocenters. The van der Waals surface area contributed by atoms with E-state index in [-0.39, 0.29) is 6.71 Å². The Balaban J connectivity index is 1.19. The highest BCUT2D eigenvalue weighted by atomic mass is 15.2. The Morgan fingerprint density at radius 2 is 0.578 bits per heavy atom. The third-order valence-corrected chi connectivity index (χ3v) is 17.4. The van der Waals surface area contributed by atoms with Gasteiger partial charge in [0.1, 0.15) is 0 Å². The molecule has 2 nitrogen and oxygen atoms in total. The molecule has 0 saturated heterocycles. The number of benzene rings is 11. The molecule has 83 heavy (non-hydrogen) atoms. The molecule has 0 spiro atoms. The molecule has 0 aromatic heterocycles. The summed E-state index contributed by atoms with van der Waals surface area (Å²) in [4.78, 5) is 5.47. The minimum atomic E-state index is -0.0390. The fourth-order valence-corrected chi connectivity index (χ4v) is 13.3. The Labute approximate surface area is 493 Å². The van der Waals surface area contributed by atoms with Gasteiger partial charge in [0.25, 0.3) is 6.71 Å². The Morgan fingerprint density at radius 3 is 0.904 bits per heavy atom. The van der Waals surface area contributed by atoms with E-state index in [1.165, 1.54) is 172 Å². The summed E-state index contributed by atoms with van der Waals surface area (Å²) >= 11 is 0. The minimum Gasteiger partial charge on any atom is -0.310 e. The summed E-state index contributed by atoms with van der Waals surface area (Å²) in [6, 6.07) is 97.0. The second kappa shape index (κ2) is 24.3. The van der Waals surface area contributed by atoms with Crippen LogP contribution in [-0.4, -0.2) is 6.71 Å². The fraction of sp³-hybridized carbons (Fsp3) is 0.175. The van der Waals surface area contributed by atoms with E-state index in [9.17, 15) is 0 Å². The van der Waals surface area contributed by atoms with Crippen LogP contribution in [0.15, 0.2) is 255 Å². The largest absolute Gasteiger partial charge is 0.310 e. The lowest BCUT2D eigenvalue weighted by Crippen LogP contribution is -2.61. The third kappa shape index (κ3) is 10.6. The average Bonchev–Trinajstić information content (AvgIpc) is 2.34. The topological polar surface area (TPSA) is 6.48 Å². The first-order chi connectivity index (χ1) is 41.1. The molecule has 3 heteroatoms. The van der Waals surface area contributed by atoms with Crippen LogP contribution < -0.4 is 26.2 Å². The van der Waals surface area contributed by atoms with Crippen molar-refractivity contribution >= 4 is 57.2 Å². The van der Waals surface area contributed by atoms with Crippen LogP contribution in [0.5, 0.6) is 0 Å². The number of fused-ring (bicyclic) bond motifs is 4. The van der Waals surface area contributed by atoms with Crippen molar-refractivity contribution in [2.75, 3.05) is 9.80 Å². The lowest BCUT2D eigenvalue weighted by molar-refractivity contribution is 0.717. The van der Waals surface area contributed by atoms with Gasteiger partial charge in [0.15, 0.2) is 0 Å². The first-order valence-electron chi connectivity index (χ1n) is 30.8. The van der Waals surface area contributed by atoms with Gasteiger partial charge in [-0.15, -0.1) is 0 Å². The van der Waals surface area contributed by atoms with Gasteiger partial charge in [0.05, 0.1) is 11.4 Å². The van der Waals surface area contributed by atoms with E-state index >= 15 is 0 Å². The molecule has 0 amide bonds. The van der Waals surface area contributed by atoms with E-state index in [2.05, 4.69) is 285 Å². The van der Waals surface area contributed by atoms with Gasteiger partial charge in [-0.3, -0.25) is 0 Å². The van der Waals surface area contributed by atoms with Crippen LogP contribution in [0.3, 0.4) is 0 Å². The van der Waals surface area contributed by atoms with Gasteiger partial charge in [0.2, 0.25) is 0 Å². The van der Waals surface area contributed by atoms with Gasteiger partial charge < -0.3 is 9.80 Å². The maximum absolute atomic E-state index is 2.73. The van der Waals surface area contributed by atoms with E-state index in [0.29, 0.717) is 0 Å². The molecule has 0 fully saturated rings. The molecule has 0 unspecified atom stereocenters. The van der Waals surface area contributed by atoms with Crippen molar-refractivity contribution in [3.63, 3.8) is 0 Å². The zero-order valence-corrected chi connectivity index (χ0v) is 48.5. The van der Waals surface area contributed by atoms with Crippen molar-refractivity contribution in [3.8, 4) is 66.8 Å². The number of rotatable bonds is 19. The third-order valence-electron chi connectivity index (χ3n) is 17.4. The summed E-state index contributed by atoms with van der Waals surface area (Å²) in [6.07, 6.45) is 12.4. The monoisotopic (exact) mass is 1070 g/mol. The molecule has 0 saturated carbocycles. The molecule has 2 heterocycles. The van der Waals surface area contributed by atoms with Crippen LogP contribution in [0.4, 0.5) is 34.1 Å². The first kappa shape index (κ1) is 53.4. The van der Waals surface area contributed by atoms with Gasteiger partial charge >= 0.3 is 0 Å². The number of unbranched alkanes of at least 4 members (excludes halogenated alkanes) is 5. The van der Waals surface area contributed by atoms with Crippen LogP contribution in [0.25, 0.3) is 66.8 Å². The van der Waals surface area contributed by atoms with E-state index in [1.54, 1.807) is 0 Å². The smallest absolute Gasteiger partial charge is 0.252 e. The van der Waals surface area contributed by atoms with Gasteiger partial charge in [-0.1, -0.05) is 259 Å². The normalized spacial score (nSPS) is 12.3. The SMILES string of the molecule is CCCCCc1ccc2c(c1)B1c3cc(CCCCC)ccc3N(c3c(-c4ccccc4)cc(-c4ccccc4)cc3-c3ccccc3)c3cc(CCCC)cc(c31)N2c1c(-c2ccccc2)cc(-c2ccccc2)cc1-c1ccccc1. The van der Waals surface area contributed by atoms with Crippen molar-refractivity contribution < 1.29 is 0 Å². The van der Waals surface area contributed by atoms with Gasteiger partial charge in [0, 0.05) is 45.0 Å². The van der Waals surface area contributed by atoms with Crippen molar-refractivity contribution in [2.45, 2.75) is 91.4 Å². The summed E-state index contributed by atoms with van der Waals surface area (Å²) in [5, 5.41) is 0. The Kier molecular flexibility index (Phi) is 15.6. The van der Waals surface area contributed by atoms with E-state index in [4.69, 9.17) is 0 Å². The molecule has 0 aliphatic carbocycles. The van der Waals surface area contributed by atoms with Crippen LogP contribution >= 0.6 is 0 Å². The standard InChI is InChI=1S/C80H73BN2/c1-4-7-16-31-57-45-47-74-72(49-57)81-73-50-58(32-17-8-5-2)46-48-75(73)83(80-70(64-41-26-14-27-42-64)55-67(61-35-20-11-21-36-61)56-71(80)65-43-28-15-29-44-65)77-52-59(30-9-6-3)51-76(78(77)81)82(74)79-68(62-37-22-12-23-38-62)53-66(60-33-18-10-19-34-60)54-69(79)63-39-24-13-25-40-63/h10-15,18-29,33-56H,4-9,16-17,30-32H2,1-3H3. The predicted molar refractivity (Wildman–Crippen MR) is 358 cm³/mol. The molecule has 13 rings (SSSR count).